The molecule has 29 heavy (non-hydrogen) atoms. The Balaban J connectivity index is 1.52. The minimum Gasteiger partial charge on any atom is -0.481 e. The first-order valence-corrected chi connectivity index (χ1v) is 9.56. The molecule has 0 aliphatic rings. The molecule has 5 nitrogen and oxygen atoms in total. The number of rotatable bonds is 8. The van der Waals surface area contributed by atoms with E-state index in [4.69, 9.17) is 4.74 Å². The fourth-order valence-corrected chi connectivity index (χ4v) is 2.80. The molecule has 2 N–H and O–H groups in total. The van der Waals surface area contributed by atoms with Crippen LogP contribution in [0.2, 0.25) is 0 Å². The summed E-state index contributed by atoms with van der Waals surface area (Å²) in [6.07, 6.45) is 0.418. The van der Waals surface area contributed by atoms with Crippen LogP contribution in [0, 0.1) is 0 Å². The molecule has 3 rings (SSSR count). The lowest BCUT2D eigenvalue weighted by Crippen LogP contribution is -2.30. The number of hydrogen-bond acceptors (Lipinski definition) is 3. The highest BCUT2D eigenvalue weighted by Crippen LogP contribution is 2.17. The van der Waals surface area contributed by atoms with Gasteiger partial charge in [-0.05, 0) is 49.2 Å². The third-order valence-electron chi connectivity index (χ3n) is 4.32. The van der Waals surface area contributed by atoms with Crippen LogP contribution >= 0.6 is 0 Å². The van der Waals surface area contributed by atoms with Gasteiger partial charge in [-0.3, -0.25) is 9.59 Å². The van der Waals surface area contributed by atoms with Gasteiger partial charge in [0.15, 0.2) is 6.10 Å². The summed E-state index contributed by atoms with van der Waals surface area (Å²) >= 11 is 0. The number of amides is 2. The van der Waals surface area contributed by atoms with E-state index in [0.717, 1.165) is 5.56 Å². The number of benzene rings is 3. The Kier molecular flexibility index (Phi) is 7.00. The SMILES string of the molecule is CC(Oc1ccccc1)C(=O)Nc1cccc(NC(=O)CCc2ccccc2)c1. The van der Waals surface area contributed by atoms with Crippen molar-refractivity contribution in [2.24, 2.45) is 0 Å². The molecule has 0 aliphatic heterocycles. The van der Waals surface area contributed by atoms with Gasteiger partial charge in [-0.1, -0.05) is 54.6 Å². The number of anilines is 2. The summed E-state index contributed by atoms with van der Waals surface area (Å²) in [4.78, 5) is 24.6. The smallest absolute Gasteiger partial charge is 0.265 e. The van der Waals surface area contributed by atoms with Gasteiger partial charge < -0.3 is 15.4 Å². The van der Waals surface area contributed by atoms with Crippen molar-refractivity contribution < 1.29 is 14.3 Å². The molecule has 3 aromatic rings. The molecule has 0 aliphatic carbocycles. The standard InChI is InChI=1S/C24H24N2O3/c1-18(29-22-13-6-3-7-14-22)24(28)26-21-12-8-11-20(17-21)25-23(27)16-15-19-9-4-2-5-10-19/h2-14,17-18H,15-16H2,1H3,(H,25,27)(H,26,28). The third kappa shape index (κ3) is 6.50. The average Bonchev–Trinajstić information content (AvgIpc) is 2.74. The summed E-state index contributed by atoms with van der Waals surface area (Å²) in [7, 11) is 0. The summed E-state index contributed by atoms with van der Waals surface area (Å²) < 4.78 is 5.64. The molecule has 1 unspecified atom stereocenters. The van der Waals surface area contributed by atoms with Gasteiger partial charge in [0.25, 0.3) is 5.91 Å². The second-order valence-electron chi connectivity index (χ2n) is 6.68. The predicted molar refractivity (Wildman–Crippen MR) is 115 cm³/mol. The molecular weight excluding hydrogens is 364 g/mol. The number of carbonyl (C=O) groups is 2. The van der Waals surface area contributed by atoms with Gasteiger partial charge in [-0.25, -0.2) is 0 Å². The second kappa shape index (κ2) is 10.1. The van der Waals surface area contributed by atoms with E-state index in [1.807, 2.05) is 48.5 Å². The molecule has 0 aromatic heterocycles. The Morgan fingerprint density at radius 3 is 2.14 bits per heavy atom. The lowest BCUT2D eigenvalue weighted by atomic mass is 10.1. The predicted octanol–water partition coefficient (Wildman–Crippen LogP) is 4.66. The van der Waals surface area contributed by atoms with Gasteiger partial charge in [-0.15, -0.1) is 0 Å². The normalized spacial score (nSPS) is 11.3. The largest absolute Gasteiger partial charge is 0.481 e. The van der Waals surface area contributed by atoms with Crippen LogP contribution in [-0.2, 0) is 16.0 Å². The molecule has 148 valence electrons. The zero-order valence-corrected chi connectivity index (χ0v) is 16.3. The van der Waals surface area contributed by atoms with Crippen molar-refractivity contribution in [3.8, 4) is 5.75 Å². The number of hydrogen-bond donors (Lipinski definition) is 2. The Hall–Kier alpha value is -3.60. The third-order valence-corrected chi connectivity index (χ3v) is 4.32. The molecule has 0 heterocycles. The van der Waals surface area contributed by atoms with Crippen LogP contribution in [0.5, 0.6) is 5.75 Å². The molecule has 3 aromatic carbocycles. The number of carbonyl (C=O) groups excluding carboxylic acids is 2. The van der Waals surface area contributed by atoms with Crippen molar-refractivity contribution in [3.05, 3.63) is 90.5 Å². The highest BCUT2D eigenvalue weighted by molar-refractivity contribution is 5.96. The average molecular weight is 388 g/mol. The molecular formula is C24H24N2O3. The molecule has 0 fully saturated rings. The summed E-state index contributed by atoms with van der Waals surface area (Å²) in [5.74, 6) is 0.300. The molecule has 1 atom stereocenters. The number of aryl methyl sites for hydroxylation is 1. The minimum absolute atomic E-state index is 0.0712. The highest BCUT2D eigenvalue weighted by Gasteiger charge is 2.15. The number of para-hydroxylation sites is 1. The summed E-state index contributed by atoms with van der Waals surface area (Å²) in [6, 6.07) is 26.1. The van der Waals surface area contributed by atoms with Crippen molar-refractivity contribution in [1.29, 1.82) is 0 Å². The van der Waals surface area contributed by atoms with E-state index >= 15 is 0 Å². The molecule has 0 spiro atoms. The van der Waals surface area contributed by atoms with E-state index < -0.39 is 6.10 Å². The first kappa shape index (κ1) is 20.1. The molecule has 0 saturated carbocycles. The summed E-state index contributed by atoms with van der Waals surface area (Å²) in [5, 5.41) is 5.69. The van der Waals surface area contributed by atoms with Crippen molar-refractivity contribution in [2.45, 2.75) is 25.9 Å². The molecule has 0 radical (unpaired) electrons. The topological polar surface area (TPSA) is 67.4 Å². The zero-order valence-electron chi connectivity index (χ0n) is 16.3. The quantitative estimate of drug-likeness (QED) is 0.590. The maximum absolute atomic E-state index is 12.4. The van der Waals surface area contributed by atoms with Crippen molar-refractivity contribution in [1.82, 2.24) is 0 Å². The number of ether oxygens (including phenoxy) is 1. The van der Waals surface area contributed by atoms with E-state index in [0.29, 0.717) is 30.0 Å². The van der Waals surface area contributed by atoms with E-state index in [1.54, 1.807) is 43.3 Å². The van der Waals surface area contributed by atoms with Crippen LogP contribution < -0.4 is 15.4 Å². The van der Waals surface area contributed by atoms with Crippen molar-refractivity contribution >= 4 is 23.2 Å². The van der Waals surface area contributed by atoms with Crippen molar-refractivity contribution in [3.63, 3.8) is 0 Å². The lowest BCUT2D eigenvalue weighted by Gasteiger charge is -2.15. The van der Waals surface area contributed by atoms with E-state index in [9.17, 15) is 9.59 Å². The first-order valence-electron chi connectivity index (χ1n) is 9.56. The van der Waals surface area contributed by atoms with Gasteiger partial charge in [0.05, 0.1) is 0 Å². The van der Waals surface area contributed by atoms with Gasteiger partial charge in [0, 0.05) is 17.8 Å². The highest BCUT2D eigenvalue weighted by atomic mass is 16.5. The Labute approximate surface area is 170 Å². The van der Waals surface area contributed by atoms with Crippen LogP contribution in [0.4, 0.5) is 11.4 Å². The molecule has 5 heteroatoms. The maximum atomic E-state index is 12.4. The van der Waals surface area contributed by atoms with Gasteiger partial charge >= 0.3 is 0 Å². The van der Waals surface area contributed by atoms with E-state index in [2.05, 4.69) is 10.6 Å². The van der Waals surface area contributed by atoms with Crippen molar-refractivity contribution in [2.75, 3.05) is 10.6 Å². The monoisotopic (exact) mass is 388 g/mol. The van der Waals surface area contributed by atoms with Gasteiger partial charge in [-0.2, -0.15) is 0 Å². The van der Waals surface area contributed by atoms with E-state index in [-0.39, 0.29) is 11.8 Å². The van der Waals surface area contributed by atoms with Crippen LogP contribution in [0.3, 0.4) is 0 Å². The zero-order chi connectivity index (χ0) is 20.5. The summed E-state index contributed by atoms with van der Waals surface area (Å²) in [5.41, 5.74) is 2.35. The Morgan fingerprint density at radius 1 is 0.828 bits per heavy atom. The van der Waals surface area contributed by atoms with Crippen LogP contribution in [0.25, 0.3) is 0 Å². The fourth-order valence-electron chi connectivity index (χ4n) is 2.80. The Bertz CT molecular complexity index is 943. The first-order chi connectivity index (χ1) is 14.1. The van der Waals surface area contributed by atoms with Gasteiger partial charge in [0.1, 0.15) is 5.75 Å². The maximum Gasteiger partial charge on any atom is 0.265 e. The van der Waals surface area contributed by atoms with Crippen LogP contribution in [0.15, 0.2) is 84.9 Å². The second-order valence-corrected chi connectivity index (χ2v) is 6.68. The van der Waals surface area contributed by atoms with Crippen LogP contribution in [0.1, 0.15) is 18.9 Å². The number of nitrogens with one attached hydrogen (secondary N) is 2. The fraction of sp³-hybridized carbons (Fsp3) is 0.167. The molecule has 0 bridgehead atoms. The summed E-state index contributed by atoms with van der Waals surface area (Å²) in [6.45, 7) is 1.69. The molecule has 0 saturated heterocycles. The minimum atomic E-state index is -0.651. The molecule has 2 amide bonds. The van der Waals surface area contributed by atoms with Crippen LogP contribution in [-0.4, -0.2) is 17.9 Å². The lowest BCUT2D eigenvalue weighted by molar-refractivity contribution is -0.122. The van der Waals surface area contributed by atoms with Gasteiger partial charge in [0.2, 0.25) is 5.91 Å². The Morgan fingerprint density at radius 2 is 1.45 bits per heavy atom. The van der Waals surface area contributed by atoms with E-state index in [1.165, 1.54) is 0 Å².